The summed E-state index contributed by atoms with van der Waals surface area (Å²) in [6.45, 7) is 21.3. The van der Waals surface area contributed by atoms with Crippen molar-refractivity contribution in [3.8, 4) is 0 Å². The highest BCUT2D eigenvalue weighted by Crippen LogP contribution is 2.38. The van der Waals surface area contributed by atoms with Crippen LogP contribution in [0, 0.1) is 12.8 Å². The maximum Gasteiger partial charge on any atom is 0.410 e. The quantitative estimate of drug-likeness (QED) is 0.401. The minimum atomic E-state index is -1.86. The molecule has 0 aliphatic carbocycles. The van der Waals surface area contributed by atoms with Crippen LogP contribution < -0.4 is 0 Å². The van der Waals surface area contributed by atoms with Crippen molar-refractivity contribution in [1.29, 1.82) is 0 Å². The Balaban J connectivity index is 1.61. The molecule has 0 unspecified atom stereocenters. The molecule has 0 radical (unpaired) electrons. The molecule has 34 heavy (non-hydrogen) atoms. The van der Waals surface area contributed by atoms with Crippen molar-refractivity contribution in [3.05, 3.63) is 29.0 Å². The lowest BCUT2D eigenvalue weighted by molar-refractivity contribution is 0.0181. The largest absolute Gasteiger partial charge is 0.444 e. The van der Waals surface area contributed by atoms with Gasteiger partial charge in [0.1, 0.15) is 5.60 Å². The number of aryl methyl sites for hydroxylation is 2. The number of aromatic nitrogens is 1. The van der Waals surface area contributed by atoms with E-state index in [4.69, 9.17) is 13.7 Å². The van der Waals surface area contributed by atoms with E-state index < -0.39 is 13.9 Å². The van der Waals surface area contributed by atoms with Crippen LogP contribution in [0.15, 0.2) is 16.7 Å². The number of ether oxygens (including phenoxy) is 1. The van der Waals surface area contributed by atoms with Gasteiger partial charge in [0.25, 0.3) is 0 Å². The van der Waals surface area contributed by atoms with Crippen molar-refractivity contribution in [2.45, 2.75) is 104 Å². The fourth-order valence-electron chi connectivity index (χ4n) is 4.11. The molecule has 0 atom stereocenters. The van der Waals surface area contributed by atoms with Gasteiger partial charge in [0.15, 0.2) is 13.9 Å². The van der Waals surface area contributed by atoms with Gasteiger partial charge in [-0.2, -0.15) is 0 Å². The van der Waals surface area contributed by atoms with Gasteiger partial charge < -0.3 is 18.6 Å². The summed E-state index contributed by atoms with van der Waals surface area (Å²) in [6, 6.07) is 4.30. The third-order valence-corrected chi connectivity index (χ3v) is 12.0. The Hall–Kier alpha value is -1.86. The molecule has 6 nitrogen and oxygen atoms in total. The second kappa shape index (κ2) is 10.0. The summed E-state index contributed by atoms with van der Waals surface area (Å²) in [4.78, 5) is 14.2. The molecular formula is C27H44N2O4Si. The average Bonchev–Trinajstić information content (AvgIpc) is 3.13. The van der Waals surface area contributed by atoms with Crippen molar-refractivity contribution in [1.82, 2.24) is 10.1 Å². The number of carbonyl (C=O) groups is 1. The predicted molar refractivity (Wildman–Crippen MR) is 140 cm³/mol. The molecule has 1 saturated heterocycles. The van der Waals surface area contributed by atoms with Crippen LogP contribution in [0.25, 0.3) is 11.0 Å². The van der Waals surface area contributed by atoms with Crippen LogP contribution in [0.4, 0.5) is 4.79 Å². The first-order valence-corrected chi connectivity index (χ1v) is 15.6. The number of amides is 1. The van der Waals surface area contributed by atoms with Crippen molar-refractivity contribution in [2.24, 2.45) is 5.92 Å². The average molecular weight is 489 g/mol. The third-order valence-electron chi connectivity index (χ3n) is 7.49. The van der Waals surface area contributed by atoms with Crippen LogP contribution in [0.1, 0.15) is 77.6 Å². The summed E-state index contributed by atoms with van der Waals surface area (Å²) in [5.41, 5.74) is 3.75. The van der Waals surface area contributed by atoms with Gasteiger partial charge in [-0.15, -0.1) is 0 Å². The Kier molecular flexibility index (Phi) is 7.88. The number of hydrogen-bond donors (Lipinski definition) is 0. The normalized spacial score (nSPS) is 16.3. The Morgan fingerprint density at radius 1 is 1.15 bits per heavy atom. The minimum Gasteiger partial charge on any atom is -0.444 e. The van der Waals surface area contributed by atoms with Gasteiger partial charge in [0, 0.05) is 24.0 Å². The summed E-state index contributed by atoms with van der Waals surface area (Å²) >= 11 is 0. The van der Waals surface area contributed by atoms with Crippen molar-refractivity contribution < 1.29 is 18.5 Å². The number of nitrogens with zero attached hydrogens (tertiary/aromatic N) is 2. The zero-order chi connectivity index (χ0) is 25.3. The molecule has 3 rings (SSSR count). The third kappa shape index (κ3) is 6.42. The summed E-state index contributed by atoms with van der Waals surface area (Å²) in [5.74, 6) is 0.581. The zero-order valence-electron chi connectivity index (χ0n) is 22.7. The smallest absolute Gasteiger partial charge is 0.410 e. The lowest BCUT2D eigenvalue weighted by Crippen LogP contribution is -2.41. The molecule has 190 valence electrons. The first-order valence-electron chi connectivity index (χ1n) is 12.7. The molecule has 1 fully saturated rings. The van der Waals surface area contributed by atoms with Gasteiger partial charge in [-0.1, -0.05) is 32.0 Å². The van der Waals surface area contributed by atoms with Crippen molar-refractivity contribution in [3.63, 3.8) is 0 Å². The van der Waals surface area contributed by atoms with E-state index in [0.29, 0.717) is 12.5 Å². The van der Waals surface area contributed by atoms with Crippen LogP contribution in [0.3, 0.4) is 0 Å². The van der Waals surface area contributed by atoms with Crippen LogP contribution >= 0.6 is 0 Å². The van der Waals surface area contributed by atoms with Gasteiger partial charge in [-0.05, 0) is 89.1 Å². The number of rotatable bonds is 6. The maximum atomic E-state index is 12.3. The predicted octanol–water partition coefficient (Wildman–Crippen LogP) is 7.24. The first-order chi connectivity index (χ1) is 15.7. The van der Waals surface area contributed by atoms with E-state index in [0.717, 1.165) is 61.0 Å². The lowest BCUT2D eigenvalue weighted by atomic mass is 9.91. The molecule has 1 amide bonds. The fraction of sp³-hybridized carbons (Fsp3) is 0.704. The van der Waals surface area contributed by atoms with E-state index in [1.807, 2.05) is 25.7 Å². The van der Waals surface area contributed by atoms with E-state index >= 15 is 0 Å². The Labute approximate surface area is 206 Å². The molecule has 1 aromatic heterocycles. The van der Waals surface area contributed by atoms with Gasteiger partial charge >= 0.3 is 6.09 Å². The number of likely N-dealkylation sites (tertiary alicyclic amines) is 1. The maximum absolute atomic E-state index is 12.3. The highest BCUT2D eigenvalue weighted by Gasteiger charge is 2.37. The monoisotopic (exact) mass is 488 g/mol. The van der Waals surface area contributed by atoms with Gasteiger partial charge in [0.2, 0.25) is 0 Å². The molecule has 2 heterocycles. The van der Waals surface area contributed by atoms with Crippen LogP contribution in [0.5, 0.6) is 0 Å². The lowest BCUT2D eigenvalue weighted by Gasteiger charge is -2.36. The van der Waals surface area contributed by atoms with E-state index in [9.17, 15) is 4.79 Å². The van der Waals surface area contributed by atoms with Gasteiger partial charge in [-0.3, -0.25) is 0 Å². The van der Waals surface area contributed by atoms with Crippen molar-refractivity contribution in [2.75, 3.05) is 13.1 Å². The number of fused-ring (bicyclic) bond motifs is 1. The molecule has 1 aliphatic rings. The van der Waals surface area contributed by atoms with E-state index in [2.05, 4.69) is 58.1 Å². The summed E-state index contributed by atoms with van der Waals surface area (Å²) in [7, 11) is -1.86. The fourth-order valence-corrected chi connectivity index (χ4v) is 5.05. The summed E-state index contributed by atoms with van der Waals surface area (Å²) < 4.78 is 17.9. The summed E-state index contributed by atoms with van der Waals surface area (Å²) in [5, 5.41) is 5.72. The molecule has 1 aromatic carbocycles. The zero-order valence-corrected chi connectivity index (χ0v) is 23.7. The van der Waals surface area contributed by atoms with Gasteiger partial charge in [0.05, 0.1) is 12.3 Å². The Bertz CT molecular complexity index is 992. The van der Waals surface area contributed by atoms with Gasteiger partial charge in [-0.25, -0.2) is 4.79 Å². The molecule has 7 heteroatoms. The SMILES string of the molecule is Cc1ccc2c(CCC3CCN(C(=O)OC(C)(C)C)CC3)noc2c1CO[Si](C)(C)C(C)(C)C. The summed E-state index contributed by atoms with van der Waals surface area (Å²) in [6.07, 6.45) is 3.74. The first kappa shape index (κ1) is 26.7. The number of hydrogen-bond acceptors (Lipinski definition) is 5. The number of piperidine rings is 1. The van der Waals surface area contributed by atoms with Crippen LogP contribution in [0.2, 0.25) is 18.1 Å². The molecule has 0 saturated carbocycles. The molecule has 1 aliphatic heterocycles. The number of benzene rings is 1. The molecule has 0 bridgehead atoms. The second-order valence-corrected chi connectivity index (χ2v) is 17.2. The highest BCUT2D eigenvalue weighted by molar-refractivity contribution is 6.74. The van der Waals surface area contributed by atoms with Crippen LogP contribution in [-0.4, -0.2) is 43.2 Å². The molecular weight excluding hydrogens is 444 g/mol. The van der Waals surface area contributed by atoms with E-state index in [1.165, 1.54) is 5.56 Å². The standard InChI is InChI=1S/C27H44N2O4Si/c1-19-10-12-21-23(28-33-24(21)22(19)18-31-34(8,9)27(5,6)7)13-11-20-14-16-29(17-15-20)25(30)32-26(2,3)4/h10,12,20H,11,13-18H2,1-9H3. The Morgan fingerprint density at radius 2 is 1.79 bits per heavy atom. The van der Waals surface area contributed by atoms with E-state index in [1.54, 1.807) is 0 Å². The molecule has 0 N–H and O–H groups in total. The molecule has 0 spiro atoms. The highest BCUT2D eigenvalue weighted by atomic mass is 28.4. The van der Waals surface area contributed by atoms with E-state index in [-0.39, 0.29) is 11.1 Å². The van der Waals surface area contributed by atoms with Crippen molar-refractivity contribution >= 4 is 25.4 Å². The number of carbonyl (C=O) groups excluding carboxylic acids is 1. The Morgan fingerprint density at radius 3 is 2.38 bits per heavy atom. The second-order valence-electron chi connectivity index (χ2n) is 12.4. The van der Waals surface area contributed by atoms with Crippen LogP contribution in [-0.2, 0) is 22.2 Å². The topological polar surface area (TPSA) is 64.8 Å². The molecule has 2 aromatic rings. The minimum absolute atomic E-state index is 0.167.